The zero-order chi connectivity index (χ0) is 45.8. The molecular formula is C55H77N3O7. The number of phenolic OH excluding ortho intramolecular Hbond substituents is 2. The Morgan fingerprint density at radius 1 is 0.877 bits per heavy atom. The van der Waals surface area contributed by atoms with E-state index in [4.69, 9.17) is 19.9 Å². The fraction of sp³-hybridized carbons (Fsp3) is 0.618. The second-order valence-corrected chi connectivity index (χ2v) is 20.7. The molecule has 8 aliphatic rings. The Bertz CT molecular complexity index is 2170. The summed E-state index contributed by atoms with van der Waals surface area (Å²) in [4.78, 5) is 4.63. The molecule has 0 amide bonds. The zero-order valence-electron chi connectivity index (χ0n) is 39.7. The number of aromatic hydroxyl groups is 2. The lowest BCUT2D eigenvalue weighted by atomic mass is 9.62. The smallest absolute Gasteiger partial charge is 0.188 e. The molecule has 10 atom stereocenters. The highest BCUT2D eigenvalue weighted by atomic mass is 16.5. The number of guanidine groups is 1. The molecule has 3 aromatic rings. The van der Waals surface area contributed by atoms with Gasteiger partial charge in [-0.25, -0.2) is 0 Å². The molecule has 3 aromatic carbocycles. The lowest BCUT2D eigenvalue weighted by Gasteiger charge is -2.43. The number of benzene rings is 3. The number of nitrogens with zero attached hydrogens (tertiary/aromatic N) is 1. The molecular weight excluding hydrogens is 815 g/mol. The van der Waals surface area contributed by atoms with Crippen LogP contribution in [0.15, 0.2) is 53.5 Å². The van der Waals surface area contributed by atoms with Gasteiger partial charge in [0.05, 0.1) is 19.3 Å². The van der Waals surface area contributed by atoms with Crippen molar-refractivity contribution in [2.75, 3.05) is 20.2 Å². The lowest BCUT2D eigenvalue weighted by Crippen LogP contribution is -2.37. The third kappa shape index (κ3) is 10.6. The summed E-state index contributed by atoms with van der Waals surface area (Å²) < 4.78 is 20.0. The monoisotopic (exact) mass is 892 g/mol. The summed E-state index contributed by atoms with van der Waals surface area (Å²) in [7, 11) is 1.72. The lowest BCUT2D eigenvalue weighted by molar-refractivity contribution is 0.0196. The highest BCUT2D eigenvalue weighted by molar-refractivity contribution is 5.84. The van der Waals surface area contributed by atoms with Crippen LogP contribution in [0.2, 0.25) is 0 Å². The SMILES string of the molecule is CCCCC[C@H](C)[C@H]1C[C@H]2C=C[C@@H]1C[C@H](O)CCCN=C(N)NCC[C@@H]1CCCC[C@H]1Oc1cc(ccc1O)[C@@H]1Oc3cc(OC)c4c(c3C[C@H]1O)[C@@H]2Cc1cc(O)c(CC(C)C)cc1-4. The Morgan fingerprint density at radius 3 is 2.49 bits per heavy atom. The number of rotatable bonds is 8. The Labute approximate surface area is 388 Å². The number of fused-ring (bicyclic) bond motifs is 2. The molecule has 5 aliphatic heterocycles. The van der Waals surface area contributed by atoms with Crippen molar-refractivity contribution in [2.45, 2.75) is 161 Å². The highest BCUT2D eigenvalue weighted by Crippen LogP contribution is 2.57. The van der Waals surface area contributed by atoms with Crippen LogP contribution in [0.25, 0.3) is 11.1 Å². The number of aliphatic hydroxyl groups is 2. The van der Waals surface area contributed by atoms with E-state index < -0.39 is 18.3 Å². The molecule has 10 nitrogen and oxygen atoms in total. The number of methoxy groups -OCH3 is 1. The van der Waals surface area contributed by atoms with Crippen LogP contribution in [0.5, 0.6) is 28.7 Å². The minimum atomic E-state index is -0.867. The van der Waals surface area contributed by atoms with Crippen molar-refractivity contribution >= 4 is 5.96 Å². The van der Waals surface area contributed by atoms with Crippen LogP contribution in [0.1, 0.15) is 151 Å². The average Bonchev–Trinajstić information content (AvgIpc) is 3.28. The van der Waals surface area contributed by atoms with E-state index in [1.54, 1.807) is 13.2 Å². The topological polar surface area (TPSA) is 159 Å². The van der Waals surface area contributed by atoms with Crippen molar-refractivity contribution in [2.24, 2.45) is 46.2 Å². The maximum Gasteiger partial charge on any atom is 0.188 e. The maximum atomic E-state index is 12.3. The molecule has 65 heavy (non-hydrogen) atoms. The summed E-state index contributed by atoms with van der Waals surface area (Å²) in [6.45, 7) is 10.3. The summed E-state index contributed by atoms with van der Waals surface area (Å²) in [6, 6.07) is 11.5. The molecule has 11 rings (SSSR count). The third-order valence-corrected chi connectivity index (χ3v) is 15.6. The first-order valence-corrected chi connectivity index (χ1v) is 25.3. The summed E-state index contributed by atoms with van der Waals surface area (Å²) in [5.41, 5.74) is 13.4. The van der Waals surface area contributed by atoms with Gasteiger partial charge in [-0.3, -0.25) is 4.99 Å². The second-order valence-electron chi connectivity index (χ2n) is 20.7. The number of unbranched alkanes of at least 4 members (excludes halogenated alkanes) is 2. The van der Waals surface area contributed by atoms with E-state index in [2.05, 4.69) is 56.2 Å². The largest absolute Gasteiger partial charge is 0.508 e. The molecule has 0 spiro atoms. The number of nitrogens with one attached hydrogen (secondary N) is 1. The van der Waals surface area contributed by atoms with Crippen molar-refractivity contribution in [1.82, 2.24) is 5.32 Å². The molecule has 0 saturated heterocycles. The maximum absolute atomic E-state index is 12.3. The molecule has 354 valence electrons. The molecule has 0 radical (unpaired) electrons. The number of aliphatic imine (C=N–C) groups is 1. The van der Waals surface area contributed by atoms with Gasteiger partial charge in [0.2, 0.25) is 0 Å². The summed E-state index contributed by atoms with van der Waals surface area (Å²) in [6.07, 6.45) is 17.4. The minimum Gasteiger partial charge on any atom is -0.508 e. The first kappa shape index (κ1) is 47.1. The standard InChI is InChI=1S/C55H77N3O7/c1-6-7-8-12-33(4)41-25-36-17-16-35(41)24-40(59)14-11-21-57-55(56)58-22-20-34-13-9-10-15-48(34)64-50-29-37(18-19-45(50)60)54-47(62)30-44-49(65-54)31-51(63-5)53-43-27-39(23-32(2)3)46(61)28-38(43)26-42(36)52(44)53/h16-19,27-29,31-36,40-42,47-48,54,59-62H,6-15,20-26,30H2,1-5H3,(H3,56,57,58)/t33-,34-,35+,36+,40+,41+,42+,47+,48+,54-/m0/s1. The van der Waals surface area contributed by atoms with E-state index >= 15 is 0 Å². The quantitative estimate of drug-likeness (QED) is 0.0956. The van der Waals surface area contributed by atoms with Crippen molar-refractivity contribution in [3.8, 4) is 39.9 Å². The van der Waals surface area contributed by atoms with Crippen LogP contribution < -0.4 is 25.3 Å². The highest BCUT2D eigenvalue weighted by Gasteiger charge is 2.43. The van der Waals surface area contributed by atoms with E-state index in [-0.39, 0.29) is 35.5 Å². The summed E-state index contributed by atoms with van der Waals surface area (Å²) >= 11 is 0. The minimum absolute atomic E-state index is 0.0316. The molecule has 0 unspecified atom stereocenters. The van der Waals surface area contributed by atoms with Gasteiger partial charge in [0, 0.05) is 36.7 Å². The summed E-state index contributed by atoms with van der Waals surface area (Å²) in [5.74, 6) is 4.59. The van der Waals surface area contributed by atoms with E-state index in [0.29, 0.717) is 73.3 Å². The molecule has 0 aromatic heterocycles. The first-order valence-electron chi connectivity index (χ1n) is 25.3. The Balaban J connectivity index is 1.23. The van der Waals surface area contributed by atoms with Crippen LogP contribution in [-0.4, -0.2) is 64.9 Å². The van der Waals surface area contributed by atoms with Gasteiger partial charge in [-0.1, -0.05) is 78.0 Å². The number of ether oxygens (including phenoxy) is 3. The van der Waals surface area contributed by atoms with Gasteiger partial charge < -0.3 is 45.7 Å². The van der Waals surface area contributed by atoms with Gasteiger partial charge in [-0.15, -0.1) is 0 Å². The number of hydrogen-bond donors (Lipinski definition) is 6. The van der Waals surface area contributed by atoms with Crippen LogP contribution in [0, 0.1) is 35.5 Å². The van der Waals surface area contributed by atoms with Crippen LogP contribution >= 0.6 is 0 Å². The Kier molecular flexibility index (Phi) is 15.2. The number of hydrogen-bond acceptors (Lipinski definition) is 10. The van der Waals surface area contributed by atoms with Crippen LogP contribution in [0.3, 0.4) is 0 Å². The number of aliphatic hydroxyl groups excluding tert-OH is 2. The Morgan fingerprint density at radius 2 is 1.69 bits per heavy atom. The number of phenols is 2. The fourth-order valence-corrected chi connectivity index (χ4v) is 12.2. The van der Waals surface area contributed by atoms with E-state index in [9.17, 15) is 20.4 Å². The van der Waals surface area contributed by atoms with Gasteiger partial charge in [0.25, 0.3) is 0 Å². The van der Waals surface area contributed by atoms with Gasteiger partial charge >= 0.3 is 0 Å². The van der Waals surface area contributed by atoms with Gasteiger partial charge in [0.1, 0.15) is 29.5 Å². The van der Waals surface area contributed by atoms with Crippen molar-refractivity contribution in [3.63, 3.8) is 0 Å². The van der Waals surface area contributed by atoms with E-state index in [0.717, 1.165) is 103 Å². The molecule has 1 fully saturated rings. The van der Waals surface area contributed by atoms with E-state index in [1.807, 2.05) is 24.3 Å². The average molecular weight is 892 g/mol. The van der Waals surface area contributed by atoms with Crippen molar-refractivity contribution < 1.29 is 34.6 Å². The molecule has 1 saturated carbocycles. The normalized spacial score (nSPS) is 28.6. The van der Waals surface area contributed by atoms with Crippen LogP contribution in [-0.2, 0) is 19.3 Å². The van der Waals surface area contributed by atoms with Gasteiger partial charge in [-0.2, -0.15) is 0 Å². The van der Waals surface area contributed by atoms with E-state index in [1.165, 1.54) is 24.8 Å². The molecule has 5 heterocycles. The zero-order valence-corrected chi connectivity index (χ0v) is 39.7. The van der Waals surface area contributed by atoms with Crippen LogP contribution in [0.4, 0.5) is 0 Å². The molecule has 10 heteroatoms. The first-order chi connectivity index (χ1) is 31.4. The predicted molar refractivity (Wildman–Crippen MR) is 259 cm³/mol. The predicted octanol–water partition coefficient (Wildman–Crippen LogP) is 10.5. The second kappa shape index (κ2) is 21.0. The van der Waals surface area contributed by atoms with Crippen molar-refractivity contribution in [3.05, 3.63) is 76.4 Å². The molecule has 8 bridgehead atoms. The van der Waals surface area contributed by atoms with Gasteiger partial charge in [-0.05, 0) is 158 Å². The van der Waals surface area contributed by atoms with Crippen molar-refractivity contribution in [1.29, 1.82) is 0 Å². The third-order valence-electron chi connectivity index (χ3n) is 15.6. The summed E-state index contributed by atoms with van der Waals surface area (Å²) in [5, 5.41) is 49.8. The van der Waals surface area contributed by atoms with Gasteiger partial charge in [0.15, 0.2) is 17.5 Å². The molecule has 7 N–H and O–H groups in total. The number of nitrogens with two attached hydrogens (primary N) is 1. The number of allylic oxidation sites excluding steroid dienone is 2. The fourth-order valence-electron chi connectivity index (χ4n) is 12.2. The Hall–Kier alpha value is -4.41. The molecule has 3 aliphatic carbocycles.